The maximum Gasteiger partial charge on any atom is 0.416 e. The first-order chi connectivity index (χ1) is 14.5. The number of alkyl halides is 3. The highest BCUT2D eigenvalue weighted by Gasteiger charge is 2.30. The largest absolute Gasteiger partial charge is 0.489 e. The Morgan fingerprint density at radius 3 is 2.53 bits per heavy atom. The fourth-order valence-electron chi connectivity index (χ4n) is 3.38. The van der Waals surface area contributed by atoms with E-state index in [0.717, 1.165) is 41.0 Å². The summed E-state index contributed by atoms with van der Waals surface area (Å²) in [6.45, 7) is 0.774. The smallest absolute Gasteiger partial charge is 0.416 e. The van der Waals surface area contributed by atoms with Crippen LogP contribution in [0.25, 0.3) is 6.08 Å². The lowest BCUT2D eigenvalue weighted by Gasteiger charge is -2.17. The predicted octanol–water partition coefficient (Wildman–Crippen LogP) is 6.34. The molecular formula is C25H20F3NO. The minimum Gasteiger partial charge on any atom is -0.489 e. The average molecular weight is 407 g/mol. The van der Waals surface area contributed by atoms with E-state index < -0.39 is 11.7 Å². The van der Waals surface area contributed by atoms with Gasteiger partial charge in [-0.3, -0.25) is 4.99 Å². The van der Waals surface area contributed by atoms with E-state index in [2.05, 4.69) is 4.99 Å². The molecule has 1 aliphatic heterocycles. The maximum atomic E-state index is 12.9. The number of ether oxygens (including phenoxy) is 1. The Morgan fingerprint density at radius 1 is 0.900 bits per heavy atom. The molecule has 3 aromatic rings. The van der Waals surface area contributed by atoms with Gasteiger partial charge in [0.1, 0.15) is 12.4 Å². The molecule has 2 nitrogen and oxygen atoms in total. The first kappa shape index (κ1) is 20.0. The number of fused-ring (bicyclic) bond motifs is 1. The van der Waals surface area contributed by atoms with Crippen molar-refractivity contribution in [1.82, 2.24) is 0 Å². The van der Waals surface area contributed by atoms with Gasteiger partial charge in [0.05, 0.1) is 11.3 Å². The second-order valence-corrected chi connectivity index (χ2v) is 7.07. The lowest BCUT2D eigenvalue weighted by atomic mass is 9.96. The fraction of sp³-hybridized carbons (Fsp3) is 0.160. The van der Waals surface area contributed by atoms with Crippen molar-refractivity contribution in [3.63, 3.8) is 0 Å². The van der Waals surface area contributed by atoms with Gasteiger partial charge in [-0.05, 0) is 59.5 Å². The quantitative estimate of drug-likeness (QED) is 0.483. The Kier molecular flexibility index (Phi) is 5.70. The summed E-state index contributed by atoms with van der Waals surface area (Å²) in [5.41, 5.74) is 4.02. The molecule has 0 spiro atoms. The van der Waals surface area contributed by atoms with E-state index in [9.17, 15) is 13.2 Å². The molecule has 1 heterocycles. The topological polar surface area (TPSA) is 21.6 Å². The summed E-state index contributed by atoms with van der Waals surface area (Å²) >= 11 is 0. The van der Waals surface area contributed by atoms with Gasteiger partial charge in [-0.25, -0.2) is 0 Å². The zero-order chi connectivity index (χ0) is 21.0. The number of benzene rings is 3. The molecule has 0 amide bonds. The van der Waals surface area contributed by atoms with Crippen LogP contribution in [0.4, 0.5) is 13.2 Å². The molecule has 0 aliphatic carbocycles. The second kappa shape index (κ2) is 8.57. The number of rotatable bonds is 5. The standard InChI is InChI=1S/C25H20F3NO/c26-25(27,28)21-8-4-7-19(15-21)17-30-22-10-11-23-20(16-22)13-14-29-24(23)12-9-18-5-2-1-3-6-18/h1-12,15-16H,13-14,17H2. The summed E-state index contributed by atoms with van der Waals surface area (Å²) in [7, 11) is 0. The Labute approximate surface area is 173 Å². The molecule has 0 aromatic heterocycles. The van der Waals surface area contributed by atoms with Gasteiger partial charge in [0.25, 0.3) is 0 Å². The van der Waals surface area contributed by atoms with Gasteiger partial charge in [0.15, 0.2) is 0 Å². The number of hydrogen-bond donors (Lipinski definition) is 0. The summed E-state index contributed by atoms with van der Waals surface area (Å²) in [6, 6.07) is 21.0. The van der Waals surface area contributed by atoms with E-state index in [0.29, 0.717) is 17.9 Å². The molecular weight excluding hydrogens is 387 g/mol. The fourth-order valence-corrected chi connectivity index (χ4v) is 3.38. The van der Waals surface area contributed by atoms with Crippen molar-refractivity contribution < 1.29 is 17.9 Å². The summed E-state index contributed by atoms with van der Waals surface area (Å²) in [5, 5.41) is 0. The maximum absolute atomic E-state index is 12.9. The van der Waals surface area contributed by atoms with Gasteiger partial charge in [0.2, 0.25) is 0 Å². The van der Waals surface area contributed by atoms with E-state index in [1.165, 1.54) is 6.07 Å². The van der Waals surface area contributed by atoms with E-state index in [-0.39, 0.29) is 6.61 Å². The number of hydrogen-bond acceptors (Lipinski definition) is 2. The third-order valence-corrected chi connectivity index (χ3v) is 4.91. The van der Waals surface area contributed by atoms with Gasteiger partial charge < -0.3 is 4.74 Å². The number of halogens is 3. The van der Waals surface area contributed by atoms with Crippen LogP contribution in [0.3, 0.4) is 0 Å². The van der Waals surface area contributed by atoms with Crippen LogP contribution >= 0.6 is 0 Å². The normalized spacial score (nSPS) is 13.8. The minimum atomic E-state index is -4.36. The van der Waals surface area contributed by atoms with Gasteiger partial charge >= 0.3 is 6.18 Å². The van der Waals surface area contributed by atoms with Crippen molar-refractivity contribution in [1.29, 1.82) is 0 Å². The van der Waals surface area contributed by atoms with Gasteiger partial charge in [-0.15, -0.1) is 0 Å². The zero-order valence-electron chi connectivity index (χ0n) is 16.2. The molecule has 0 N–H and O–H groups in total. The van der Waals surface area contributed by atoms with E-state index in [1.54, 1.807) is 6.07 Å². The summed E-state index contributed by atoms with van der Waals surface area (Å²) < 4.78 is 44.4. The predicted molar refractivity (Wildman–Crippen MR) is 113 cm³/mol. The van der Waals surface area contributed by atoms with Crippen LogP contribution in [0.1, 0.15) is 27.8 Å². The average Bonchev–Trinajstić information content (AvgIpc) is 2.76. The van der Waals surface area contributed by atoms with Crippen LogP contribution in [0.15, 0.2) is 83.9 Å². The van der Waals surface area contributed by atoms with E-state index >= 15 is 0 Å². The van der Waals surface area contributed by atoms with E-state index in [1.807, 2.05) is 60.7 Å². The molecule has 152 valence electrons. The molecule has 0 fully saturated rings. The number of nitrogens with zero attached hydrogens (tertiary/aromatic N) is 1. The van der Waals surface area contributed by atoms with Crippen LogP contribution in [0, 0.1) is 0 Å². The highest BCUT2D eigenvalue weighted by Crippen LogP contribution is 2.30. The van der Waals surface area contributed by atoms with Crippen molar-refractivity contribution in [3.8, 4) is 5.75 Å². The molecule has 5 heteroatoms. The lowest BCUT2D eigenvalue weighted by Crippen LogP contribution is -2.11. The van der Waals surface area contributed by atoms with Crippen molar-refractivity contribution in [2.45, 2.75) is 19.2 Å². The molecule has 0 saturated heterocycles. The summed E-state index contributed by atoms with van der Waals surface area (Å²) in [5.74, 6) is 0.638. The summed E-state index contributed by atoms with van der Waals surface area (Å²) in [6.07, 6.45) is 0.492. The van der Waals surface area contributed by atoms with Gasteiger partial charge in [-0.1, -0.05) is 48.5 Å². The molecule has 4 rings (SSSR count). The zero-order valence-corrected chi connectivity index (χ0v) is 16.2. The molecule has 0 atom stereocenters. The Balaban J connectivity index is 1.47. The van der Waals surface area contributed by atoms with Crippen molar-refractivity contribution >= 4 is 11.8 Å². The first-order valence-electron chi connectivity index (χ1n) is 9.69. The van der Waals surface area contributed by atoms with Crippen molar-refractivity contribution in [3.05, 3.63) is 107 Å². The van der Waals surface area contributed by atoms with Gasteiger partial charge in [-0.2, -0.15) is 13.2 Å². The summed E-state index contributed by atoms with van der Waals surface area (Å²) in [4.78, 5) is 4.62. The Bertz CT molecular complexity index is 1090. The Morgan fingerprint density at radius 2 is 1.73 bits per heavy atom. The van der Waals surface area contributed by atoms with Crippen LogP contribution < -0.4 is 4.74 Å². The molecule has 0 saturated carbocycles. The highest BCUT2D eigenvalue weighted by atomic mass is 19.4. The monoisotopic (exact) mass is 407 g/mol. The molecule has 0 radical (unpaired) electrons. The third-order valence-electron chi connectivity index (χ3n) is 4.91. The number of aliphatic imine (C=N–C) groups is 1. The van der Waals surface area contributed by atoms with E-state index in [4.69, 9.17) is 4.74 Å². The number of allylic oxidation sites excluding steroid dienone is 1. The second-order valence-electron chi connectivity index (χ2n) is 7.07. The SMILES string of the molecule is FC(F)(F)c1cccc(COc2ccc3c(c2)CCN=C3C=Cc2ccccc2)c1. The molecule has 1 aliphatic rings. The van der Waals surface area contributed by atoms with Crippen LogP contribution in [-0.2, 0) is 19.2 Å². The van der Waals surface area contributed by atoms with Crippen LogP contribution in [-0.4, -0.2) is 12.3 Å². The molecule has 30 heavy (non-hydrogen) atoms. The Hall–Kier alpha value is -3.34. The molecule has 3 aromatic carbocycles. The molecule has 0 bridgehead atoms. The molecule has 0 unspecified atom stereocenters. The third kappa shape index (κ3) is 4.79. The van der Waals surface area contributed by atoms with Crippen molar-refractivity contribution in [2.24, 2.45) is 4.99 Å². The lowest BCUT2D eigenvalue weighted by molar-refractivity contribution is -0.137. The van der Waals surface area contributed by atoms with Crippen LogP contribution in [0.5, 0.6) is 5.75 Å². The van der Waals surface area contributed by atoms with Crippen molar-refractivity contribution in [2.75, 3.05) is 6.54 Å². The first-order valence-corrected chi connectivity index (χ1v) is 9.69. The minimum absolute atomic E-state index is 0.0809. The van der Waals surface area contributed by atoms with Crippen LogP contribution in [0.2, 0.25) is 0 Å². The van der Waals surface area contributed by atoms with Gasteiger partial charge in [0, 0.05) is 12.1 Å². The highest BCUT2D eigenvalue weighted by molar-refractivity contribution is 6.12.